The van der Waals surface area contributed by atoms with Crippen LogP contribution < -0.4 is 20.2 Å². The molecule has 27 heavy (non-hydrogen) atoms. The summed E-state index contributed by atoms with van der Waals surface area (Å²) in [6, 6.07) is 9.77. The summed E-state index contributed by atoms with van der Waals surface area (Å²) in [5, 5.41) is 13.9. The SMILES string of the molecule is COc1cc2c(-c3ccc4c(c3)CN(SN)CC4)n[nH]c(=O)c2cc1OC. The first kappa shape index (κ1) is 17.8. The van der Waals surface area contributed by atoms with Crippen molar-refractivity contribution >= 4 is 22.9 Å². The summed E-state index contributed by atoms with van der Waals surface area (Å²) < 4.78 is 12.9. The Bertz CT molecular complexity index is 1070. The molecule has 0 saturated carbocycles. The minimum Gasteiger partial charge on any atom is -0.493 e. The summed E-state index contributed by atoms with van der Waals surface area (Å²) in [5.41, 5.74) is 3.91. The molecule has 8 heteroatoms. The predicted molar refractivity (Wildman–Crippen MR) is 107 cm³/mol. The highest BCUT2D eigenvalue weighted by molar-refractivity contribution is 7.94. The van der Waals surface area contributed by atoms with Crippen molar-refractivity contribution in [3.63, 3.8) is 0 Å². The van der Waals surface area contributed by atoms with Gasteiger partial charge in [0.25, 0.3) is 5.56 Å². The number of hydrogen-bond donors (Lipinski definition) is 2. The van der Waals surface area contributed by atoms with Crippen LogP contribution in [0.25, 0.3) is 22.0 Å². The topological polar surface area (TPSA) is 93.5 Å². The first-order chi connectivity index (χ1) is 13.1. The Hall–Kier alpha value is -2.55. The molecule has 0 saturated heterocycles. The Labute approximate surface area is 160 Å². The number of nitrogens with zero attached hydrogens (tertiary/aromatic N) is 2. The van der Waals surface area contributed by atoms with Crippen LogP contribution in [0.15, 0.2) is 35.1 Å². The fourth-order valence-corrected chi connectivity index (χ4v) is 3.89. The zero-order valence-corrected chi connectivity index (χ0v) is 15.9. The van der Waals surface area contributed by atoms with Gasteiger partial charge >= 0.3 is 0 Å². The standard InChI is InChI=1S/C19H20N4O3S/c1-25-16-8-14-15(9-17(16)26-2)19(24)22-21-18(14)12-4-3-11-5-6-23(27-20)10-13(11)7-12/h3-4,7-9H,5-6,10,20H2,1-2H3,(H,22,24). The van der Waals surface area contributed by atoms with Crippen LogP contribution in [0.5, 0.6) is 11.5 Å². The van der Waals surface area contributed by atoms with Crippen LogP contribution in [-0.2, 0) is 13.0 Å². The Balaban J connectivity index is 1.89. The zero-order valence-electron chi connectivity index (χ0n) is 15.1. The maximum absolute atomic E-state index is 12.3. The van der Waals surface area contributed by atoms with Crippen LogP contribution in [-0.4, -0.2) is 35.3 Å². The van der Waals surface area contributed by atoms with Crippen LogP contribution in [0.1, 0.15) is 11.1 Å². The van der Waals surface area contributed by atoms with Gasteiger partial charge in [-0.05, 0) is 35.7 Å². The molecule has 2 heterocycles. The minimum atomic E-state index is -0.265. The molecule has 2 aromatic carbocycles. The number of nitrogens with one attached hydrogen (secondary N) is 1. The molecule has 1 aliphatic rings. The fourth-order valence-electron chi connectivity index (χ4n) is 3.48. The van der Waals surface area contributed by atoms with Gasteiger partial charge in [0.2, 0.25) is 0 Å². The molecule has 7 nitrogen and oxygen atoms in total. The van der Waals surface area contributed by atoms with Crippen molar-refractivity contribution in [3.05, 3.63) is 51.8 Å². The molecule has 0 radical (unpaired) electrons. The number of benzene rings is 2. The van der Waals surface area contributed by atoms with Crippen molar-refractivity contribution in [1.82, 2.24) is 14.5 Å². The van der Waals surface area contributed by atoms with E-state index in [9.17, 15) is 4.79 Å². The van der Waals surface area contributed by atoms with E-state index in [0.717, 1.165) is 30.5 Å². The van der Waals surface area contributed by atoms with Gasteiger partial charge in [0.1, 0.15) is 0 Å². The summed E-state index contributed by atoms with van der Waals surface area (Å²) >= 11 is 1.26. The summed E-state index contributed by atoms with van der Waals surface area (Å²) in [7, 11) is 3.12. The van der Waals surface area contributed by atoms with Gasteiger partial charge in [-0.2, -0.15) is 5.10 Å². The Morgan fingerprint density at radius 1 is 1.11 bits per heavy atom. The summed E-state index contributed by atoms with van der Waals surface area (Å²) in [6.07, 6.45) is 0.963. The largest absolute Gasteiger partial charge is 0.493 e. The average molecular weight is 384 g/mol. The molecule has 0 unspecified atom stereocenters. The minimum absolute atomic E-state index is 0.265. The molecule has 0 atom stereocenters. The number of fused-ring (bicyclic) bond motifs is 2. The van der Waals surface area contributed by atoms with E-state index in [1.807, 2.05) is 6.07 Å². The lowest BCUT2D eigenvalue weighted by molar-refractivity contribution is 0.356. The number of hydrogen-bond acceptors (Lipinski definition) is 7. The van der Waals surface area contributed by atoms with E-state index < -0.39 is 0 Å². The van der Waals surface area contributed by atoms with Gasteiger partial charge < -0.3 is 9.47 Å². The molecule has 1 aromatic heterocycles. The van der Waals surface area contributed by atoms with Crippen molar-refractivity contribution in [1.29, 1.82) is 0 Å². The van der Waals surface area contributed by atoms with Gasteiger partial charge in [-0.15, -0.1) is 0 Å². The normalized spacial score (nSPS) is 14.2. The maximum Gasteiger partial charge on any atom is 0.272 e. The van der Waals surface area contributed by atoms with Gasteiger partial charge in [-0.3, -0.25) is 9.93 Å². The highest BCUT2D eigenvalue weighted by Crippen LogP contribution is 2.35. The fraction of sp³-hybridized carbons (Fsp3) is 0.263. The second kappa shape index (κ2) is 7.22. The van der Waals surface area contributed by atoms with Crippen molar-refractivity contribution in [2.45, 2.75) is 13.0 Å². The van der Waals surface area contributed by atoms with Crippen LogP contribution in [0, 0.1) is 0 Å². The van der Waals surface area contributed by atoms with E-state index in [1.54, 1.807) is 26.4 Å². The van der Waals surface area contributed by atoms with Crippen LogP contribution in [0.3, 0.4) is 0 Å². The molecule has 140 valence electrons. The molecule has 0 fully saturated rings. The molecule has 4 rings (SSSR count). The molecule has 1 aliphatic heterocycles. The number of aromatic nitrogens is 2. The molecule has 0 spiro atoms. The van der Waals surface area contributed by atoms with Crippen molar-refractivity contribution in [2.75, 3.05) is 20.8 Å². The zero-order chi connectivity index (χ0) is 19.0. The van der Waals surface area contributed by atoms with Crippen LogP contribution >= 0.6 is 12.1 Å². The highest BCUT2D eigenvalue weighted by atomic mass is 32.2. The lowest BCUT2D eigenvalue weighted by Crippen LogP contribution is -2.26. The van der Waals surface area contributed by atoms with E-state index in [-0.39, 0.29) is 5.56 Å². The average Bonchev–Trinajstić information content (AvgIpc) is 2.72. The van der Waals surface area contributed by atoms with E-state index in [4.69, 9.17) is 14.6 Å². The van der Waals surface area contributed by atoms with Gasteiger partial charge in [0.05, 0.1) is 25.3 Å². The highest BCUT2D eigenvalue weighted by Gasteiger charge is 2.19. The van der Waals surface area contributed by atoms with Gasteiger partial charge in [-0.25, -0.2) is 9.40 Å². The maximum atomic E-state index is 12.3. The van der Waals surface area contributed by atoms with E-state index >= 15 is 0 Å². The number of ether oxygens (including phenoxy) is 2. The third kappa shape index (κ3) is 3.16. The van der Waals surface area contributed by atoms with E-state index in [0.29, 0.717) is 22.6 Å². The van der Waals surface area contributed by atoms with Crippen LogP contribution in [0.2, 0.25) is 0 Å². The molecule has 3 aromatic rings. The summed E-state index contributed by atoms with van der Waals surface area (Å²) in [6.45, 7) is 1.72. The molecule has 0 amide bonds. The number of methoxy groups -OCH3 is 2. The van der Waals surface area contributed by atoms with E-state index in [1.165, 1.54) is 23.3 Å². The van der Waals surface area contributed by atoms with Gasteiger partial charge in [0.15, 0.2) is 11.5 Å². The monoisotopic (exact) mass is 384 g/mol. The van der Waals surface area contributed by atoms with E-state index in [2.05, 4.69) is 26.6 Å². The number of nitrogens with two attached hydrogens (primary N) is 1. The second-order valence-electron chi connectivity index (χ2n) is 6.36. The third-order valence-electron chi connectivity index (χ3n) is 4.90. The molecule has 3 N–H and O–H groups in total. The Morgan fingerprint density at radius 2 is 1.85 bits per heavy atom. The first-order valence-corrected chi connectivity index (χ1v) is 9.36. The quantitative estimate of drug-likeness (QED) is 0.668. The summed E-state index contributed by atoms with van der Waals surface area (Å²) in [4.78, 5) is 12.3. The summed E-state index contributed by atoms with van der Waals surface area (Å²) in [5.74, 6) is 1.07. The van der Waals surface area contributed by atoms with Gasteiger partial charge in [0, 0.05) is 36.2 Å². The molecular formula is C19H20N4O3S. The smallest absolute Gasteiger partial charge is 0.272 e. The number of aromatic amines is 1. The second-order valence-corrected chi connectivity index (χ2v) is 7.08. The molecular weight excluding hydrogens is 364 g/mol. The number of H-pyrrole nitrogens is 1. The van der Waals surface area contributed by atoms with Gasteiger partial charge in [-0.1, -0.05) is 12.1 Å². The Morgan fingerprint density at radius 3 is 2.56 bits per heavy atom. The molecule has 0 aliphatic carbocycles. The first-order valence-electron chi connectivity index (χ1n) is 8.53. The van der Waals surface area contributed by atoms with Crippen molar-refractivity contribution in [3.8, 4) is 22.8 Å². The lowest BCUT2D eigenvalue weighted by atomic mass is 9.96. The third-order valence-corrected chi connectivity index (χ3v) is 5.51. The van der Waals surface area contributed by atoms with Crippen molar-refractivity contribution < 1.29 is 9.47 Å². The van der Waals surface area contributed by atoms with Crippen molar-refractivity contribution in [2.24, 2.45) is 5.14 Å². The predicted octanol–water partition coefficient (Wildman–Crippen LogP) is 2.49. The lowest BCUT2D eigenvalue weighted by Gasteiger charge is -2.26. The van der Waals surface area contributed by atoms with Crippen LogP contribution in [0.4, 0.5) is 0 Å². The molecule has 0 bridgehead atoms. The Kier molecular flexibility index (Phi) is 4.77. The number of rotatable bonds is 4.